The highest BCUT2D eigenvalue weighted by atomic mass is 35.5. The van der Waals surface area contributed by atoms with E-state index >= 15 is 0 Å². The number of amides is 1. The summed E-state index contributed by atoms with van der Waals surface area (Å²) in [6, 6.07) is 11.3. The molecule has 1 atom stereocenters. The number of rotatable bonds is 4. The lowest BCUT2D eigenvalue weighted by atomic mass is 10.3. The van der Waals surface area contributed by atoms with Crippen LogP contribution in [0.2, 0.25) is 10.0 Å². The molecule has 0 fully saturated rings. The molecular weight excluding hydrogens is 332 g/mol. The van der Waals surface area contributed by atoms with E-state index in [2.05, 4.69) is 5.32 Å². The van der Waals surface area contributed by atoms with Gasteiger partial charge in [-0.3, -0.25) is 4.79 Å². The number of para-hydroxylation sites is 1. The summed E-state index contributed by atoms with van der Waals surface area (Å²) >= 11 is 13.1. The molecule has 2 rings (SSSR count). The molecule has 0 aliphatic carbocycles. The summed E-state index contributed by atoms with van der Waals surface area (Å²) in [5.74, 6) is -0.642. The van der Waals surface area contributed by atoms with Crippen LogP contribution in [-0.4, -0.2) is 11.2 Å². The molecule has 1 amide bonds. The first-order valence-electron chi connectivity index (χ1n) is 6.15. The quantitative estimate of drug-likeness (QED) is 0.768. The third kappa shape index (κ3) is 4.13. The molecule has 2 nitrogen and oxygen atoms in total. The van der Waals surface area contributed by atoms with Crippen LogP contribution in [0.4, 0.5) is 10.1 Å². The molecule has 0 unspecified atom stereocenters. The molecule has 0 bridgehead atoms. The largest absolute Gasteiger partial charge is 0.323 e. The average molecular weight is 344 g/mol. The van der Waals surface area contributed by atoms with Crippen molar-refractivity contribution < 1.29 is 9.18 Å². The molecule has 0 aliphatic heterocycles. The van der Waals surface area contributed by atoms with Crippen molar-refractivity contribution in [2.45, 2.75) is 17.1 Å². The Labute approximate surface area is 136 Å². The second kappa shape index (κ2) is 7.16. The smallest absolute Gasteiger partial charge is 0.237 e. The van der Waals surface area contributed by atoms with Gasteiger partial charge in [0.05, 0.1) is 21.0 Å². The summed E-state index contributed by atoms with van der Waals surface area (Å²) in [7, 11) is 0. The standard InChI is InChI=1S/C15H12Cl2FNOS/c1-9(21-13-8-3-2-7-12(13)18)15(20)19-14-10(16)5-4-6-11(14)17/h2-9H,1H3,(H,19,20)/t9-/m0/s1. The van der Waals surface area contributed by atoms with Gasteiger partial charge in [-0.05, 0) is 31.2 Å². The van der Waals surface area contributed by atoms with E-state index in [-0.39, 0.29) is 11.7 Å². The zero-order valence-corrected chi connectivity index (χ0v) is 13.4. The number of carbonyl (C=O) groups is 1. The number of carbonyl (C=O) groups excluding carboxylic acids is 1. The van der Waals surface area contributed by atoms with E-state index in [9.17, 15) is 9.18 Å². The molecule has 0 heterocycles. The molecule has 1 N–H and O–H groups in total. The highest BCUT2D eigenvalue weighted by Gasteiger charge is 2.18. The van der Waals surface area contributed by atoms with Crippen LogP contribution in [0, 0.1) is 5.82 Å². The number of anilines is 1. The predicted molar refractivity (Wildman–Crippen MR) is 86.8 cm³/mol. The minimum absolute atomic E-state index is 0.293. The Morgan fingerprint density at radius 2 is 1.76 bits per heavy atom. The number of hydrogen-bond acceptors (Lipinski definition) is 2. The van der Waals surface area contributed by atoms with E-state index < -0.39 is 5.25 Å². The summed E-state index contributed by atoms with van der Waals surface area (Å²) in [4.78, 5) is 12.6. The molecule has 0 aromatic heterocycles. The first kappa shape index (κ1) is 16.1. The fraction of sp³-hybridized carbons (Fsp3) is 0.133. The van der Waals surface area contributed by atoms with Crippen molar-refractivity contribution in [2.75, 3.05) is 5.32 Å². The molecule has 110 valence electrons. The molecule has 0 saturated heterocycles. The monoisotopic (exact) mass is 343 g/mol. The van der Waals surface area contributed by atoms with Gasteiger partial charge in [0, 0.05) is 4.90 Å². The van der Waals surface area contributed by atoms with Crippen molar-refractivity contribution in [3.05, 3.63) is 58.3 Å². The number of thioether (sulfide) groups is 1. The molecule has 0 aliphatic rings. The molecule has 0 radical (unpaired) electrons. The van der Waals surface area contributed by atoms with Crippen LogP contribution in [0.1, 0.15) is 6.92 Å². The lowest BCUT2D eigenvalue weighted by Crippen LogP contribution is -2.22. The van der Waals surface area contributed by atoms with Crippen LogP contribution in [0.3, 0.4) is 0 Å². The highest BCUT2D eigenvalue weighted by molar-refractivity contribution is 8.00. The van der Waals surface area contributed by atoms with E-state index in [0.717, 1.165) is 11.8 Å². The molecule has 21 heavy (non-hydrogen) atoms. The lowest BCUT2D eigenvalue weighted by Gasteiger charge is -2.14. The van der Waals surface area contributed by atoms with Crippen LogP contribution >= 0.6 is 35.0 Å². The van der Waals surface area contributed by atoms with Crippen molar-refractivity contribution in [1.82, 2.24) is 0 Å². The fourth-order valence-electron chi connectivity index (χ4n) is 1.63. The summed E-state index contributed by atoms with van der Waals surface area (Å²) in [6.45, 7) is 1.69. The van der Waals surface area contributed by atoms with Crippen LogP contribution in [0.15, 0.2) is 47.4 Å². The normalized spacial score (nSPS) is 12.0. The predicted octanol–water partition coefficient (Wildman–Crippen LogP) is 5.25. The number of hydrogen-bond donors (Lipinski definition) is 1. The lowest BCUT2D eigenvalue weighted by molar-refractivity contribution is -0.115. The highest BCUT2D eigenvalue weighted by Crippen LogP contribution is 2.31. The maximum absolute atomic E-state index is 13.6. The summed E-state index contributed by atoms with van der Waals surface area (Å²) < 4.78 is 13.6. The van der Waals surface area contributed by atoms with Crippen LogP contribution in [0.25, 0.3) is 0 Å². The topological polar surface area (TPSA) is 29.1 Å². The van der Waals surface area contributed by atoms with Gasteiger partial charge < -0.3 is 5.32 Å². The Kier molecular flexibility index (Phi) is 5.51. The van der Waals surface area contributed by atoms with Gasteiger partial charge in [0.15, 0.2) is 0 Å². The Hall–Kier alpha value is -1.23. The van der Waals surface area contributed by atoms with Crippen LogP contribution in [0.5, 0.6) is 0 Å². The number of nitrogens with one attached hydrogen (secondary N) is 1. The summed E-state index contributed by atoms with van der Waals surface area (Å²) in [5, 5.41) is 2.90. The third-order valence-electron chi connectivity index (χ3n) is 2.72. The Morgan fingerprint density at radius 3 is 2.38 bits per heavy atom. The Morgan fingerprint density at radius 1 is 1.14 bits per heavy atom. The molecule has 0 saturated carbocycles. The van der Waals surface area contributed by atoms with Gasteiger partial charge in [0.25, 0.3) is 0 Å². The minimum atomic E-state index is -0.491. The van der Waals surface area contributed by atoms with Gasteiger partial charge in [-0.2, -0.15) is 0 Å². The average Bonchev–Trinajstić information content (AvgIpc) is 2.45. The zero-order chi connectivity index (χ0) is 15.4. The van der Waals surface area contributed by atoms with Gasteiger partial charge in [-0.1, -0.05) is 41.4 Å². The SMILES string of the molecule is C[C@H](Sc1ccccc1F)C(=O)Nc1c(Cl)cccc1Cl. The second-order valence-electron chi connectivity index (χ2n) is 4.28. The maximum atomic E-state index is 13.6. The first-order chi connectivity index (χ1) is 9.99. The van der Waals surface area contributed by atoms with E-state index in [4.69, 9.17) is 23.2 Å². The van der Waals surface area contributed by atoms with E-state index in [1.807, 2.05) is 0 Å². The molecule has 2 aromatic carbocycles. The van der Waals surface area contributed by atoms with E-state index in [0.29, 0.717) is 20.6 Å². The zero-order valence-electron chi connectivity index (χ0n) is 11.1. The molecule has 6 heteroatoms. The first-order valence-corrected chi connectivity index (χ1v) is 7.78. The van der Waals surface area contributed by atoms with Gasteiger partial charge in [-0.15, -0.1) is 11.8 Å². The van der Waals surface area contributed by atoms with Crippen molar-refractivity contribution >= 4 is 46.6 Å². The van der Waals surface area contributed by atoms with Gasteiger partial charge in [0.2, 0.25) is 5.91 Å². The van der Waals surface area contributed by atoms with Crippen molar-refractivity contribution in [3.8, 4) is 0 Å². The fourth-order valence-corrected chi connectivity index (χ4v) is 3.00. The van der Waals surface area contributed by atoms with Crippen LogP contribution < -0.4 is 5.32 Å². The molecule has 0 spiro atoms. The third-order valence-corrected chi connectivity index (χ3v) is 4.50. The second-order valence-corrected chi connectivity index (χ2v) is 6.47. The van der Waals surface area contributed by atoms with Crippen molar-refractivity contribution in [1.29, 1.82) is 0 Å². The van der Waals surface area contributed by atoms with E-state index in [1.165, 1.54) is 6.07 Å². The number of halogens is 3. The molecule has 2 aromatic rings. The van der Waals surface area contributed by atoms with Gasteiger partial charge in [-0.25, -0.2) is 4.39 Å². The van der Waals surface area contributed by atoms with Crippen LogP contribution in [-0.2, 0) is 4.79 Å². The minimum Gasteiger partial charge on any atom is -0.323 e. The van der Waals surface area contributed by atoms with Crippen molar-refractivity contribution in [3.63, 3.8) is 0 Å². The Balaban J connectivity index is 2.08. The maximum Gasteiger partial charge on any atom is 0.237 e. The Bertz CT molecular complexity index is 646. The van der Waals surface area contributed by atoms with Gasteiger partial charge in [0.1, 0.15) is 5.82 Å². The number of benzene rings is 2. The van der Waals surface area contributed by atoms with E-state index in [1.54, 1.807) is 43.3 Å². The molecular formula is C15H12Cl2FNOS. The van der Waals surface area contributed by atoms with Gasteiger partial charge >= 0.3 is 0 Å². The summed E-state index contributed by atoms with van der Waals surface area (Å²) in [6.07, 6.45) is 0. The summed E-state index contributed by atoms with van der Waals surface area (Å²) in [5.41, 5.74) is 0.367. The van der Waals surface area contributed by atoms with Crippen molar-refractivity contribution in [2.24, 2.45) is 0 Å².